The Labute approximate surface area is 142 Å². The molecule has 0 aliphatic heterocycles. The minimum absolute atomic E-state index is 0.0396. The van der Waals surface area contributed by atoms with Crippen molar-refractivity contribution in [2.45, 2.75) is 18.9 Å². The summed E-state index contributed by atoms with van der Waals surface area (Å²) < 4.78 is 12.8. The van der Waals surface area contributed by atoms with Crippen molar-refractivity contribution >= 4 is 29.1 Å². The summed E-state index contributed by atoms with van der Waals surface area (Å²) in [6.45, 7) is 3.09. The summed E-state index contributed by atoms with van der Waals surface area (Å²) >= 11 is 1.11. The molecule has 122 valence electrons. The van der Waals surface area contributed by atoms with Crippen LogP contribution in [0.4, 0.5) is 10.1 Å². The van der Waals surface area contributed by atoms with Crippen LogP contribution in [-0.2, 0) is 4.79 Å². The molecule has 1 amide bonds. The molecule has 0 unspecified atom stereocenters. The molecule has 0 bridgehead atoms. The number of anilines is 1. The number of halogens is 1. The quantitative estimate of drug-likeness (QED) is 0.665. The number of nitrogens with zero attached hydrogens (tertiary/aromatic N) is 2. The summed E-state index contributed by atoms with van der Waals surface area (Å²) in [5.41, 5.74) is 1.65. The molecule has 1 heterocycles. The molecule has 1 N–H and O–H groups in total. The van der Waals surface area contributed by atoms with Crippen molar-refractivity contribution in [3.63, 3.8) is 0 Å². The highest BCUT2D eigenvalue weighted by Gasteiger charge is 2.14. The minimum atomic E-state index is -0.383. The Morgan fingerprint density at radius 2 is 2.00 bits per heavy atom. The van der Waals surface area contributed by atoms with Crippen LogP contribution >= 0.6 is 11.8 Å². The van der Waals surface area contributed by atoms with Gasteiger partial charge in [0.2, 0.25) is 5.91 Å². The molecule has 0 saturated heterocycles. The lowest BCUT2D eigenvalue weighted by molar-refractivity contribution is -0.113. The van der Waals surface area contributed by atoms with Gasteiger partial charge in [0.1, 0.15) is 16.9 Å². The zero-order chi connectivity index (χ0) is 17.7. The second-order valence-corrected chi connectivity index (χ2v) is 5.95. The van der Waals surface area contributed by atoms with Crippen LogP contribution in [0.1, 0.15) is 28.5 Å². The molecule has 0 aliphatic rings. The Hall–Kier alpha value is -2.72. The molecule has 5 nitrogen and oxygen atoms in total. The molecule has 0 atom stereocenters. The third kappa shape index (κ3) is 4.40. The van der Waals surface area contributed by atoms with Gasteiger partial charge in [-0.1, -0.05) is 11.8 Å². The van der Waals surface area contributed by atoms with E-state index >= 15 is 0 Å². The van der Waals surface area contributed by atoms with Gasteiger partial charge in [0.25, 0.3) is 0 Å². The van der Waals surface area contributed by atoms with Crippen LogP contribution in [0.5, 0.6) is 0 Å². The number of hydrogen-bond donors (Lipinski definition) is 1. The smallest absolute Gasteiger partial charge is 0.234 e. The zero-order valence-electron chi connectivity index (χ0n) is 13.1. The molecular weight excluding hydrogens is 329 g/mol. The predicted molar refractivity (Wildman–Crippen MR) is 89.4 cm³/mol. The Bertz CT molecular complexity index is 829. The number of hydrogen-bond acceptors (Lipinski definition) is 5. The van der Waals surface area contributed by atoms with Crippen LogP contribution in [0.2, 0.25) is 0 Å². The predicted octanol–water partition coefficient (Wildman–Crippen LogP) is 3.33. The molecular formula is C17H14FN3O2S. The minimum Gasteiger partial charge on any atom is -0.325 e. The van der Waals surface area contributed by atoms with E-state index in [-0.39, 0.29) is 28.8 Å². The highest BCUT2D eigenvalue weighted by molar-refractivity contribution is 8.00. The molecule has 1 aromatic heterocycles. The molecule has 0 saturated carbocycles. The number of amides is 1. The lowest BCUT2D eigenvalue weighted by Crippen LogP contribution is -2.14. The SMILES string of the molecule is CC(=O)c1cc(C#N)c(SCC(=O)Nc2ccc(F)cc2)nc1C. The summed E-state index contributed by atoms with van der Waals surface area (Å²) in [7, 11) is 0. The number of rotatable bonds is 5. The summed E-state index contributed by atoms with van der Waals surface area (Å²) in [5, 5.41) is 12.2. The number of Topliss-reactive ketones (excluding diaryl/α,β-unsaturated/α-hetero) is 1. The Morgan fingerprint density at radius 1 is 1.33 bits per heavy atom. The van der Waals surface area contributed by atoms with Gasteiger partial charge in [0.05, 0.1) is 11.3 Å². The van der Waals surface area contributed by atoms with Crippen molar-refractivity contribution in [3.05, 3.63) is 53.0 Å². The fraction of sp³-hybridized carbons (Fsp3) is 0.176. The van der Waals surface area contributed by atoms with E-state index in [1.54, 1.807) is 6.92 Å². The monoisotopic (exact) mass is 343 g/mol. The van der Waals surface area contributed by atoms with Gasteiger partial charge in [0.15, 0.2) is 5.78 Å². The number of ketones is 1. The Morgan fingerprint density at radius 3 is 2.58 bits per heavy atom. The van der Waals surface area contributed by atoms with Crippen molar-refractivity contribution < 1.29 is 14.0 Å². The van der Waals surface area contributed by atoms with E-state index in [0.717, 1.165) is 11.8 Å². The van der Waals surface area contributed by atoms with Gasteiger partial charge in [-0.3, -0.25) is 9.59 Å². The summed E-state index contributed by atoms with van der Waals surface area (Å²) in [4.78, 5) is 27.7. The maximum absolute atomic E-state index is 12.8. The standard InChI is InChI=1S/C17H14FN3O2S/c1-10-15(11(2)22)7-12(8-19)17(20-10)24-9-16(23)21-14-5-3-13(18)4-6-14/h3-7H,9H2,1-2H3,(H,21,23). The van der Waals surface area contributed by atoms with Gasteiger partial charge >= 0.3 is 0 Å². The van der Waals surface area contributed by atoms with Gasteiger partial charge in [-0.2, -0.15) is 5.26 Å². The molecule has 24 heavy (non-hydrogen) atoms. The summed E-state index contributed by atoms with van der Waals surface area (Å²) in [6.07, 6.45) is 0. The second kappa shape index (κ2) is 7.70. The van der Waals surface area contributed by atoms with E-state index in [4.69, 9.17) is 0 Å². The largest absolute Gasteiger partial charge is 0.325 e. The van der Waals surface area contributed by atoms with Crippen molar-refractivity contribution in [2.24, 2.45) is 0 Å². The normalized spacial score (nSPS) is 10.1. The first-order valence-electron chi connectivity index (χ1n) is 7.01. The van der Waals surface area contributed by atoms with Gasteiger partial charge in [0, 0.05) is 16.9 Å². The summed E-state index contributed by atoms with van der Waals surface area (Å²) in [5.74, 6) is -0.809. The fourth-order valence-corrected chi connectivity index (χ4v) is 2.80. The molecule has 1 aromatic carbocycles. The summed E-state index contributed by atoms with van der Waals surface area (Å²) in [6, 6.07) is 8.91. The lowest BCUT2D eigenvalue weighted by atomic mass is 10.1. The van der Waals surface area contributed by atoms with Gasteiger partial charge < -0.3 is 5.32 Å². The van der Waals surface area contributed by atoms with Crippen molar-refractivity contribution in [1.82, 2.24) is 4.98 Å². The van der Waals surface area contributed by atoms with Crippen LogP contribution in [-0.4, -0.2) is 22.4 Å². The molecule has 0 aliphatic carbocycles. The number of thioether (sulfide) groups is 1. The van der Waals surface area contributed by atoms with E-state index in [1.165, 1.54) is 37.3 Å². The molecule has 0 fully saturated rings. The Kier molecular flexibility index (Phi) is 5.66. The topological polar surface area (TPSA) is 82.8 Å². The highest BCUT2D eigenvalue weighted by Crippen LogP contribution is 2.23. The maximum atomic E-state index is 12.8. The molecule has 2 aromatic rings. The third-order valence-corrected chi connectivity index (χ3v) is 4.14. The maximum Gasteiger partial charge on any atom is 0.234 e. The number of benzene rings is 1. The van der Waals surface area contributed by atoms with Gasteiger partial charge in [-0.15, -0.1) is 0 Å². The number of carbonyl (C=O) groups is 2. The van der Waals surface area contributed by atoms with Crippen LogP contribution in [0, 0.1) is 24.1 Å². The van der Waals surface area contributed by atoms with E-state index in [0.29, 0.717) is 22.0 Å². The molecule has 0 spiro atoms. The number of aromatic nitrogens is 1. The van der Waals surface area contributed by atoms with E-state index in [1.807, 2.05) is 6.07 Å². The fourth-order valence-electron chi connectivity index (χ4n) is 1.99. The molecule has 7 heteroatoms. The number of nitriles is 1. The number of aryl methyl sites for hydroxylation is 1. The van der Waals surface area contributed by atoms with Gasteiger partial charge in [-0.05, 0) is 44.2 Å². The Balaban J connectivity index is 2.07. The first-order chi connectivity index (χ1) is 11.4. The molecule has 0 radical (unpaired) electrons. The van der Waals surface area contributed by atoms with E-state index in [9.17, 15) is 19.2 Å². The number of carbonyl (C=O) groups excluding carboxylic acids is 2. The first-order valence-corrected chi connectivity index (χ1v) is 8.00. The van der Waals surface area contributed by atoms with Crippen LogP contribution in [0.15, 0.2) is 35.4 Å². The third-order valence-electron chi connectivity index (χ3n) is 3.15. The average Bonchev–Trinajstić information content (AvgIpc) is 2.54. The van der Waals surface area contributed by atoms with Crippen molar-refractivity contribution in [1.29, 1.82) is 5.26 Å². The van der Waals surface area contributed by atoms with E-state index in [2.05, 4.69) is 10.3 Å². The zero-order valence-corrected chi connectivity index (χ0v) is 13.9. The number of nitrogens with one attached hydrogen (secondary N) is 1. The van der Waals surface area contributed by atoms with Crippen LogP contribution in [0.25, 0.3) is 0 Å². The van der Waals surface area contributed by atoms with Crippen LogP contribution in [0.3, 0.4) is 0 Å². The average molecular weight is 343 g/mol. The van der Waals surface area contributed by atoms with Crippen molar-refractivity contribution in [2.75, 3.05) is 11.1 Å². The number of pyridine rings is 1. The lowest BCUT2D eigenvalue weighted by Gasteiger charge is -2.08. The van der Waals surface area contributed by atoms with Gasteiger partial charge in [-0.25, -0.2) is 9.37 Å². The van der Waals surface area contributed by atoms with Crippen molar-refractivity contribution in [3.8, 4) is 6.07 Å². The highest BCUT2D eigenvalue weighted by atomic mass is 32.2. The second-order valence-electron chi connectivity index (χ2n) is 4.99. The first kappa shape index (κ1) is 17.6. The van der Waals surface area contributed by atoms with E-state index < -0.39 is 0 Å². The molecule has 2 rings (SSSR count). The van der Waals surface area contributed by atoms with Crippen LogP contribution < -0.4 is 5.32 Å².